The van der Waals surface area contributed by atoms with Gasteiger partial charge in [0, 0.05) is 13.1 Å². The average molecular weight is 193 g/mol. The first-order valence-corrected chi connectivity index (χ1v) is 4.90. The van der Waals surface area contributed by atoms with Gasteiger partial charge in [-0.25, -0.2) is 0 Å². The lowest BCUT2D eigenvalue weighted by Crippen LogP contribution is -2.36. The van der Waals surface area contributed by atoms with Crippen molar-refractivity contribution in [2.45, 2.75) is 6.92 Å². The lowest BCUT2D eigenvalue weighted by molar-refractivity contribution is 0.122. The fraction of sp³-hybridized carbons (Fsp3) is 0.455. The molecule has 0 spiro atoms. The molecule has 14 heavy (non-hydrogen) atoms. The number of ether oxygens (including phenoxy) is 1. The predicted molar refractivity (Wildman–Crippen MR) is 55.9 cm³/mol. The Hall–Kier alpha value is -1.22. The summed E-state index contributed by atoms with van der Waals surface area (Å²) in [6.45, 7) is 5.23. The third-order valence-corrected chi connectivity index (χ3v) is 2.48. The van der Waals surface area contributed by atoms with Crippen molar-refractivity contribution in [2.75, 3.05) is 31.2 Å². The fourth-order valence-corrected chi connectivity index (χ4v) is 1.69. The van der Waals surface area contributed by atoms with Crippen LogP contribution in [-0.2, 0) is 4.74 Å². The van der Waals surface area contributed by atoms with Gasteiger partial charge in [-0.1, -0.05) is 6.07 Å². The van der Waals surface area contributed by atoms with Gasteiger partial charge in [0.2, 0.25) is 0 Å². The number of aromatic hydroxyl groups is 1. The van der Waals surface area contributed by atoms with Gasteiger partial charge in [-0.3, -0.25) is 0 Å². The minimum Gasteiger partial charge on any atom is -0.506 e. The van der Waals surface area contributed by atoms with Crippen LogP contribution in [0.15, 0.2) is 18.2 Å². The van der Waals surface area contributed by atoms with Gasteiger partial charge in [-0.2, -0.15) is 0 Å². The van der Waals surface area contributed by atoms with Crippen molar-refractivity contribution < 1.29 is 9.84 Å². The molecule has 76 valence electrons. The summed E-state index contributed by atoms with van der Waals surface area (Å²) < 4.78 is 5.27. The molecule has 0 atom stereocenters. The molecule has 1 aromatic rings. The summed E-state index contributed by atoms with van der Waals surface area (Å²) in [6, 6.07) is 5.68. The highest BCUT2D eigenvalue weighted by Gasteiger charge is 2.14. The Bertz CT molecular complexity index is 319. The second kappa shape index (κ2) is 3.88. The molecule has 0 amide bonds. The van der Waals surface area contributed by atoms with Gasteiger partial charge < -0.3 is 14.7 Å². The fourth-order valence-electron chi connectivity index (χ4n) is 1.69. The zero-order valence-electron chi connectivity index (χ0n) is 8.36. The lowest BCUT2D eigenvalue weighted by atomic mass is 10.2. The summed E-state index contributed by atoms with van der Waals surface area (Å²) in [4.78, 5) is 2.16. The maximum atomic E-state index is 9.70. The zero-order valence-corrected chi connectivity index (χ0v) is 8.36. The molecule has 1 aromatic carbocycles. The van der Waals surface area contributed by atoms with Gasteiger partial charge in [0.25, 0.3) is 0 Å². The van der Waals surface area contributed by atoms with E-state index in [1.807, 2.05) is 19.1 Å². The van der Waals surface area contributed by atoms with E-state index in [0.29, 0.717) is 5.75 Å². The van der Waals surface area contributed by atoms with Crippen molar-refractivity contribution >= 4 is 5.69 Å². The van der Waals surface area contributed by atoms with Crippen LogP contribution >= 0.6 is 0 Å². The van der Waals surface area contributed by atoms with E-state index in [9.17, 15) is 5.11 Å². The van der Waals surface area contributed by atoms with Gasteiger partial charge in [-0.05, 0) is 24.6 Å². The number of phenolic OH excluding ortho intramolecular Hbond substituents is 1. The standard InChI is InChI=1S/C11H15NO2/c1-9-2-3-11(13)10(8-9)12-4-6-14-7-5-12/h2-3,8,13H,4-7H2,1H3. The summed E-state index contributed by atoms with van der Waals surface area (Å²) in [5, 5.41) is 9.70. The highest BCUT2D eigenvalue weighted by atomic mass is 16.5. The Kier molecular flexibility index (Phi) is 2.59. The number of rotatable bonds is 1. The second-order valence-corrected chi connectivity index (χ2v) is 3.59. The number of anilines is 1. The van der Waals surface area contributed by atoms with E-state index in [1.165, 1.54) is 5.56 Å². The first kappa shape index (κ1) is 9.34. The SMILES string of the molecule is Cc1ccc(O)c(N2CCOCC2)c1. The molecule has 3 heteroatoms. The molecule has 0 aliphatic carbocycles. The summed E-state index contributed by atoms with van der Waals surface area (Å²) in [5.74, 6) is 0.359. The molecule has 0 aromatic heterocycles. The third kappa shape index (κ3) is 1.82. The van der Waals surface area contributed by atoms with Crippen molar-refractivity contribution in [3.05, 3.63) is 23.8 Å². The summed E-state index contributed by atoms with van der Waals surface area (Å²) in [6.07, 6.45) is 0. The van der Waals surface area contributed by atoms with Gasteiger partial charge in [0.05, 0.1) is 18.9 Å². The first-order valence-electron chi connectivity index (χ1n) is 4.90. The lowest BCUT2D eigenvalue weighted by Gasteiger charge is -2.29. The largest absolute Gasteiger partial charge is 0.506 e. The topological polar surface area (TPSA) is 32.7 Å². The van der Waals surface area contributed by atoms with Crippen LogP contribution in [0.25, 0.3) is 0 Å². The quantitative estimate of drug-likeness (QED) is 0.734. The average Bonchev–Trinajstić information content (AvgIpc) is 2.23. The number of phenols is 1. The Morgan fingerprint density at radius 2 is 2.00 bits per heavy atom. The molecule has 1 aliphatic heterocycles. The summed E-state index contributed by atoms with van der Waals surface area (Å²) >= 11 is 0. The maximum absolute atomic E-state index is 9.70. The number of aryl methyl sites for hydroxylation is 1. The van der Waals surface area contributed by atoms with Crippen molar-refractivity contribution in [2.24, 2.45) is 0 Å². The van der Waals surface area contributed by atoms with Crippen molar-refractivity contribution in [3.8, 4) is 5.75 Å². The zero-order chi connectivity index (χ0) is 9.97. The summed E-state index contributed by atoms with van der Waals surface area (Å²) in [7, 11) is 0. The number of benzene rings is 1. The van der Waals surface area contributed by atoms with E-state index in [4.69, 9.17) is 4.74 Å². The van der Waals surface area contributed by atoms with E-state index in [1.54, 1.807) is 6.07 Å². The Labute approximate surface area is 83.9 Å². The normalized spacial score (nSPS) is 17.1. The van der Waals surface area contributed by atoms with E-state index >= 15 is 0 Å². The number of morpholine rings is 1. The van der Waals surface area contributed by atoms with Crippen molar-refractivity contribution in [1.29, 1.82) is 0 Å². The Balaban J connectivity index is 2.24. The number of hydrogen-bond donors (Lipinski definition) is 1. The van der Waals surface area contributed by atoms with Gasteiger partial charge in [0.15, 0.2) is 0 Å². The van der Waals surface area contributed by atoms with Crippen LogP contribution in [0.2, 0.25) is 0 Å². The van der Waals surface area contributed by atoms with Crippen LogP contribution in [0, 0.1) is 6.92 Å². The molecule has 0 radical (unpaired) electrons. The van der Waals surface area contributed by atoms with Gasteiger partial charge in [0.1, 0.15) is 5.75 Å². The molecular weight excluding hydrogens is 178 g/mol. The Morgan fingerprint density at radius 3 is 2.71 bits per heavy atom. The Morgan fingerprint density at radius 1 is 1.29 bits per heavy atom. The van der Waals surface area contributed by atoms with Gasteiger partial charge >= 0.3 is 0 Å². The minimum atomic E-state index is 0.359. The van der Waals surface area contributed by atoms with Crippen molar-refractivity contribution in [3.63, 3.8) is 0 Å². The van der Waals surface area contributed by atoms with Gasteiger partial charge in [-0.15, -0.1) is 0 Å². The smallest absolute Gasteiger partial charge is 0.138 e. The number of nitrogens with zero attached hydrogens (tertiary/aromatic N) is 1. The van der Waals surface area contributed by atoms with E-state index < -0.39 is 0 Å². The molecular formula is C11H15NO2. The third-order valence-electron chi connectivity index (χ3n) is 2.48. The van der Waals surface area contributed by atoms with Crippen LogP contribution in [0.3, 0.4) is 0 Å². The molecule has 0 saturated carbocycles. The van der Waals surface area contributed by atoms with Crippen LogP contribution in [0.1, 0.15) is 5.56 Å². The van der Waals surface area contributed by atoms with E-state index in [0.717, 1.165) is 32.0 Å². The van der Waals surface area contributed by atoms with Crippen LogP contribution in [-0.4, -0.2) is 31.4 Å². The summed E-state index contributed by atoms with van der Waals surface area (Å²) in [5.41, 5.74) is 2.09. The molecule has 3 nitrogen and oxygen atoms in total. The molecule has 1 aliphatic rings. The molecule has 1 N–H and O–H groups in total. The number of hydrogen-bond acceptors (Lipinski definition) is 3. The second-order valence-electron chi connectivity index (χ2n) is 3.59. The first-order chi connectivity index (χ1) is 6.77. The highest BCUT2D eigenvalue weighted by Crippen LogP contribution is 2.28. The molecule has 2 rings (SSSR count). The predicted octanol–water partition coefficient (Wildman–Crippen LogP) is 1.54. The maximum Gasteiger partial charge on any atom is 0.138 e. The van der Waals surface area contributed by atoms with E-state index in [2.05, 4.69) is 4.90 Å². The monoisotopic (exact) mass is 193 g/mol. The van der Waals surface area contributed by atoms with Crippen LogP contribution in [0.5, 0.6) is 5.75 Å². The molecule has 1 saturated heterocycles. The molecule has 0 bridgehead atoms. The van der Waals surface area contributed by atoms with Crippen molar-refractivity contribution in [1.82, 2.24) is 0 Å². The minimum absolute atomic E-state index is 0.359. The van der Waals surface area contributed by atoms with Crippen LogP contribution < -0.4 is 4.90 Å². The molecule has 1 heterocycles. The van der Waals surface area contributed by atoms with E-state index in [-0.39, 0.29) is 0 Å². The molecule has 0 unspecified atom stereocenters. The van der Waals surface area contributed by atoms with Crippen LogP contribution in [0.4, 0.5) is 5.69 Å². The molecule has 1 fully saturated rings. The highest BCUT2D eigenvalue weighted by molar-refractivity contribution is 5.59.